The standard InChI is InChI=1S/C25H30N4O3/c1-18-15-19(2)29(26-18)22-7-5-20(6-8-22)25(30)28-13-11-27(12-14-28)17-21-16-23(31-3)9-10-24(21)32-4/h5-10,15-16H,11-14,17H2,1-4H3. The van der Waals surface area contributed by atoms with E-state index in [9.17, 15) is 4.79 Å². The van der Waals surface area contributed by atoms with E-state index in [-0.39, 0.29) is 5.91 Å². The van der Waals surface area contributed by atoms with Gasteiger partial charge in [-0.25, -0.2) is 4.68 Å². The highest BCUT2D eigenvalue weighted by molar-refractivity contribution is 5.94. The van der Waals surface area contributed by atoms with Crippen molar-refractivity contribution in [2.45, 2.75) is 20.4 Å². The third kappa shape index (κ3) is 4.62. The number of methoxy groups -OCH3 is 2. The molecule has 7 heteroatoms. The highest BCUT2D eigenvalue weighted by atomic mass is 16.5. The number of ether oxygens (including phenoxy) is 2. The molecule has 2 aromatic carbocycles. The molecule has 0 unspecified atom stereocenters. The van der Waals surface area contributed by atoms with E-state index in [4.69, 9.17) is 9.47 Å². The molecule has 32 heavy (non-hydrogen) atoms. The smallest absolute Gasteiger partial charge is 0.253 e. The highest BCUT2D eigenvalue weighted by Gasteiger charge is 2.23. The number of carbonyl (C=O) groups is 1. The van der Waals surface area contributed by atoms with E-state index in [2.05, 4.69) is 10.00 Å². The molecule has 168 valence electrons. The molecule has 1 aromatic heterocycles. The van der Waals surface area contributed by atoms with Crippen molar-refractivity contribution in [1.29, 1.82) is 0 Å². The van der Waals surface area contributed by atoms with E-state index >= 15 is 0 Å². The summed E-state index contributed by atoms with van der Waals surface area (Å²) in [6, 6.07) is 15.6. The molecule has 4 rings (SSSR count). The summed E-state index contributed by atoms with van der Waals surface area (Å²) in [7, 11) is 3.35. The van der Waals surface area contributed by atoms with Gasteiger partial charge in [-0.2, -0.15) is 5.10 Å². The molecule has 1 saturated heterocycles. The first-order chi connectivity index (χ1) is 15.5. The summed E-state index contributed by atoms with van der Waals surface area (Å²) in [6.45, 7) is 7.80. The normalized spacial score (nSPS) is 14.4. The van der Waals surface area contributed by atoms with Crippen molar-refractivity contribution in [3.63, 3.8) is 0 Å². The van der Waals surface area contributed by atoms with Crippen molar-refractivity contribution in [2.24, 2.45) is 0 Å². The predicted octanol–water partition coefficient (Wildman–Crippen LogP) is 3.46. The van der Waals surface area contributed by atoms with Gasteiger partial charge in [0.05, 0.1) is 25.6 Å². The molecule has 3 aromatic rings. The zero-order valence-corrected chi connectivity index (χ0v) is 19.2. The second-order valence-corrected chi connectivity index (χ2v) is 8.13. The Labute approximate surface area is 189 Å². The van der Waals surface area contributed by atoms with Gasteiger partial charge in [-0.15, -0.1) is 0 Å². The van der Waals surface area contributed by atoms with Crippen LogP contribution in [0.4, 0.5) is 0 Å². The number of aromatic nitrogens is 2. The van der Waals surface area contributed by atoms with Gasteiger partial charge in [0, 0.05) is 49.5 Å². The Balaban J connectivity index is 1.37. The van der Waals surface area contributed by atoms with Crippen LogP contribution in [-0.4, -0.2) is 65.9 Å². The monoisotopic (exact) mass is 434 g/mol. The number of amides is 1. The maximum absolute atomic E-state index is 13.0. The van der Waals surface area contributed by atoms with E-state index in [1.807, 2.05) is 72.0 Å². The molecule has 7 nitrogen and oxygen atoms in total. The Kier molecular flexibility index (Phi) is 6.46. The molecule has 0 aliphatic carbocycles. The van der Waals surface area contributed by atoms with E-state index in [0.717, 1.165) is 53.8 Å². The molecule has 0 bridgehead atoms. The number of carbonyl (C=O) groups excluding carboxylic acids is 1. The quantitative estimate of drug-likeness (QED) is 0.595. The van der Waals surface area contributed by atoms with Gasteiger partial charge in [-0.05, 0) is 62.4 Å². The molecule has 0 spiro atoms. The van der Waals surface area contributed by atoms with Crippen molar-refractivity contribution >= 4 is 5.91 Å². The van der Waals surface area contributed by atoms with Crippen molar-refractivity contribution < 1.29 is 14.3 Å². The number of hydrogen-bond donors (Lipinski definition) is 0. The van der Waals surface area contributed by atoms with Crippen LogP contribution in [0.15, 0.2) is 48.5 Å². The lowest BCUT2D eigenvalue weighted by Gasteiger charge is -2.35. The average Bonchev–Trinajstić information content (AvgIpc) is 3.17. The number of hydrogen-bond acceptors (Lipinski definition) is 5. The maximum atomic E-state index is 13.0. The second-order valence-electron chi connectivity index (χ2n) is 8.13. The number of benzene rings is 2. The molecular formula is C25H30N4O3. The van der Waals surface area contributed by atoms with Crippen LogP contribution in [0.3, 0.4) is 0 Å². The summed E-state index contributed by atoms with van der Waals surface area (Å²) < 4.78 is 12.8. The fourth-order valence-electron chi connectivity index (χ4n) is 4.17. The number of aryl methyl sites for hydroxylation is 2. The lowest BCUT2D eigenvalue weighted by molar-refractivity contribution is 0.0627. The lowest BCUT2D eigenvalue weighted by Crippen LogP contribution is -2.48. The maximum Gasteiger partial charge on any atom is 0.253 e. The van der Waals surface area contributed by atoms with Crippen LogP contribution < -0.4 is 9.47 Å². The van der Waals surface area contributed by atoms with Crippen molar-refractivity contribution in [1.82, 2.24) is 19.6 Å². The van der Waals surface area contributed by atoms with Crippen molar-refractivity contribution in [3.8, 4) is 17.2 Å². The van der Waals surface area contributed by atoms with Crippen LogP contribution in [0.25, 0.3) is 5.69 Å². The zero-order chi connectivity index (χ0) is 22.7. The van der Waals surface area contributed by atoms with Gasteiger partial charge < -0.3 is 14.4 Å². The van der Waals surface area contributed by atoms with Crippen LogP contribution in [0.1, 0.15) is 27.3 Å². The van der Waals surface area contributed by atoms with E-state index < -0.39 is 0 Å². The number of rotatable bonds is 6. The third-order valence-electron chi connectivity index (χ3n) is 5.91. The van der Waals surface area contributed by atoms with Gasteiger partial charge >= 0.3 is 0 Å². The molecule has 0 radical (unpaired) electrons. The van der Waals surface area contributed by atoms with Gasteiger partial charge in [-0.3, -0.25) is 9.69 Å². The van der Waals surface area contributed by atoms with Gasteiger partial charge in [0.1, 0.15) is 11.5 Å². The van der Waals surface area contributed by atoms with Crippen molar-refractivity contribution in [3.05, 3.63) is 71.0 Å². The highest BCUT2D eigenvalue weighted by Crippen LogP contribution is 2.26. The van der Waals surface area contributed by atoms with Crippen LogP contribution in [0, 0.1) is 13.8 Å². The summed E-state index contributed by atoms with van der Waals surface area (Å²) >= 11 is 0. The van der Waals surface area contributed by atoms with Crippen LogP contribution >= 0.6 is 0 Å². The number of piperazine rings is 1. The summed E-state index contributed by atoms with van der Waals surface area (Å²) in [4.78, 5) is 17.3. The minimum absolute atomic E-state index is 0.0727. The predicted molar refractivity (Wildman–Crippen MR) is 124 cm³/mol. The van der Waals surface area contributed by atoms with Gasteiger partial charge in [0.2, 0.25) is 0 Å². The largest absolute Gasteiger partial charge is 0.497 e. The SMILES string of the molecule is COc1ccc(OC)c(CN2CCN(C(=O)c3ccc(-n4nc(C)cc4C)cc3)CC2)c1. The first-order valence-electron chi connectivity index (χ1n) is 10.8. The second kappa shape index (κ2) is 9.44. The molecular weight excluding hydrogens is 404 g/mol. The topological polar surface area (TPSA) is 59.8 Å². The van der Waals surface area contributed by atoms with E-state index in [1.165, 1.54) is 0 Å². The van der Waals surface area contributed by atoms with Crippen molar-refractivity contribution in [2.75, 3.05) is 40.4 Å². The molecule has 0 atom stereocenters. The summed E-state index contributed by atoms with van der Waals surface area (Å²) in [5.74, 6) is 1.74. The summed E-state index contributed by atoms with van der Waals surface area (Å²) in [5, 5.41) is 4.51. The lowest BCUT2D eigenvalue weighted by atomic mass is 10.1. The number of nitrogens with zero attached hydrogens (tertiary/aromatic N) is 4. The molecule has 1 aliphatic rings. The van der Waals surface area contributed by atoms with Crippen LogP contribution in [-0.2, 0) is 6.54 Å². The Bertz CT molecular complexity index is 1080. The summed E-state index contributed by atoms with van der Waals surface area (Å²) in [5.41, 5.74) is 4.81. The first-order valence-corrected chi connectivity index (χ1v) is 10.8. The average molecular weight is 435 g/mol. The minimum atomic E-state index is 0.0727. The molecule has 1 aliphatic heterocycles. The molecule has 1 amide bonds. The van der Waals surface area contributed by atoms with Crippen LogP contribution in [0.5, 0.6) is 11.5 Å². The van der Waals surface area contributed by atoms with Gasteiger partial charge in [0.25, 0.3) is 5.91 Å². The molecule has 0 saturated carbocycles. The van der Waals surface area contributed by atoms with Gasteiger partial charge in [0.15, 0.2) is 0 Å². The minimum Gasteiger partial charge on any atom is -0.497 e. The Hall–Kier alpha value is -3.32. The fraction of sp³-hybridized carbons (Fsp3) is 0.360. The Morgan fingerprint density at radius 3 is 2.25 bits per heavy atom. The molecule has 1 fully saturated rings. The Morgan fingerprint density at radius 1 is 0.938 bits per heavy atom. The third-order valence-corrected chi connectivity index (χ3v) is 5.91. The zero-order valence-electron chi connectivity index (χ0n) is 19.2. The fourth-order valence-corrected chi connectivity index (χ4v) is 4.17. The van der Waals surface area contributed by atoms with E-state index in [0.29, 0.717) is 18.7 Å². The first kappa shape index (κ1) is 21.9. The molecule has 2 heterocycles. The van der Waals surface area contributed by atoms with Gasteiger partial charge in [-0.1, -0.05) is 0 Å². The van der Waals surface area contributed by atoms with E-state index in [1.54, 1.807) is 14.2 Å². The van der Waals surface area contributed by atoms with Crippen LogP contribution in [0.2, 0.25) is 0 Å². The summed E-state index contributed by atoms with van der Waals surface area (Å²) in [6.07, 6.45) is 0. The molecule has 0 N–H and O–H groups in total. The Morgan fingerprint density at radius 2 is 1.66 bits per heavy atom.